The molecule has 19 heavy (non-hydrogen) atoms. The quantitative estimate of drug-likeness (QED) is 0.811. The molecule has 2 heteroatoms. The molecule has 3 rings (SSSR count). The van der Waals surface area contributed by atoms with Crippen LogP contribution in [0.15, 0.2) is 47.5 Å². The van der Waals surface area contributed by atoms with Crippen molar-refractivity contribution < 1.29 is 4.74 Å². The minimum Gasteiger partial charge on any atom is -0.497 e. The molecule has 2 aromatic rings. The van der Waals surface area contributed by atoms with E-state index in [1.165, 1.54) is 16.7 Å². The number of ether oxygens (including phenoxy) is 1. The summed E-state index contributed by atoms with van der Waals surface area (Å²) < 4.78 is 5.17. The standard InChI is InChI=1S/C17H17NO/c1-19-16-7-4-13(5-8-16)2-3-14-6-9-17-15(12-14)10-11-18-17/h4-9,11-12H,2-3,10H2,1H3. The van der Waals surface area contributed by atoms with Crippen LogP contribution in [0.3, 0.4) is 0 Å². The summed E-state index contributed by atoms with van der Waals surface area (Å²) in [5, 5.41) is 0. The van der Waals surface area contributed by atoms with Gasteiger partial charge in [-0.1, -0.05) is 24.3 Å². The van der Waals surface area contributed by atoms with Gasteiger partial charge in [-0.05, 0) is 47.7 Å². The SMILES string of the molecule is COc1ccc(CCc2ccc3c(c2)CC=N3)cc1. The van der Waals surface area contributed by atoms with E-state index < -0.39 is 0 Å². The van der Waals surface area contributed by atoms with Gasteiger partial charge in [-0.25, -0.2) is 0 Å². The molecular weight excluding hydrogens is 234 g/mol. The second-order valence-corrected chi connectivity index (χ2v) is 4.83. The molecule has 0 fully saturated rings. The number of hydrogen-bond acceptors (Lipinski definition) is 2. The molecule has 0 saturated heterocycles. The molecule has 2 nitrogen and oxygen atoms in total. The molecule has 1 aliphatic rings. The highest BCUT2D eigenvalue weighted by molar-refractivity contribution is 5.75. The van der Waals surface area contributed by atoms with E-state index in [1.54, 1.807) is 7.11 Å². The van der Waals surface area contributed by atoms with Crippen molar-refractivity contribution in [3.05, 3.63) is 59.2 Å². The van der Waals surface area contributed by atoms with Crippen LogP contribution in [0, 0.1) is 0 Å². The third kappa shape index (κ3) is 2.68. The van der Waals surface area contributed by atoms with Gasteiger partial charge in [0.05, 0.1) is 12.8 Å². The Balaban J connectivity index is 1.65. The van der Waals surface area contributed by atoms with Crippen LogP contribution in [0.5, 0.6) is 5.75 Å². The molecule has 0 bridgehead atoms. The lowest BCUT2D eigenvalue weighted by atomic mass is 10.0. The van der Waals surface area contributed by atoms with Gasteiger partial charge in [0, 0.05) is 12.6 Å². The van der Waals surface area contributed by atoms with Crippen LogP contribution in [0.1, 0.15) is 16.7 Å². The van der Waals surface area contributed by atoms with Crippen LogP contribution in [-0.2, 0) is 19.3 Å². The minimum atomic E-state index is 0.915. The monoisotopic (exact) mass is 251 g/mol. The Hall–Kier alpha value is -2.09. The van der Waals surface area contributed by atoms with Crippen LogP contribution in [0.4, 0.5) is 5.69 Å². The number of hydrogen-bond donors (Lipinski definition) is 0. The van der Waals surface area contributed by atoms with Crippen molar-refractivity contribution in [3.8, 4) is 5.75 Å². The van der Waals surface area contributed by atoms with E-state index in [4.69, 9.17) is 4.74 Å². The normalized spacial score (nSPS) is 12.5. The van der Waals surface area contributed by atoms with Gasteiger partial charge in [-0.3, -0.25) is 4.99 Å². The Kier molecular flexibility index (Phi) is 3.32. The first-order valence-electron chi connectivity index (χ1n) is 6.62. The molecule has 1 aliphatic heterocycles. The number of methoxy groups -OCH3 is 1. The highest BCUT2D eigenvalue weighted by atomic mass is 16.5. The van der Waals surface area contributed by atoms with Gasteiger partial charge in [0.15, 0.2) is 0 Å². The zero-order chi connectivity index (χ0) is 13.1. The van der Waals surface area contributed by atoms with Gasteiger partial charge in [0.1, 0.15) is 5.75 Å². The second kappa shape index (κ2) is 5.27. The third-order valence-corrected chi connectivity index (χ3v) is 3.55. The first-order chi connectivity index (χ1) is 9.35. The fraction of sp³-hybridized carbons (Fsp3) is 0.235. The summed E-state index contributed by atoms with van der Waals surface area (Å²) in [6, 6.07) is 14.9. The van der Waals surface area contributed by atoms with Crippen LogP contribution in [0.25, 0.3) is 0 Å². The number of nitrogens with zero attached hydrogens (tertiary/aromatic N) is 1. The third-order valence-electron chi connectivity index (χ3n) is 3.55. The summed E-state index contributed by atoms with van der Waals surface area (Å²) in [4.78, 5) is 4.34. The Morgan fingerprint density at radius 1 is 1.00 bits per heavy atom. The Bertz CT molecular complexity index is 599. The smallest absolute Gasteiger partial charge is 0.118 e. The zero-order valence-electron chi connectivity index (χ0n) is 11.1. The van der Waals surface area contributed by atoms with E-state index in [1.807, 2.05) is 18.3 Å². The highest BCUT2D eigenvalue weighted by Gasteiger charge is 2.06. The first kappa shape index (κ1) is 12.0. The lowest BCUT2D eigenvalue weighted by Gasteiger charge is -2.05. The molecule has 0 spiro atoms. The summed E-state index contributed by atoms with van der Waals surface area (Å²) in [7, 11) is 1.70. The van der Waals surface area contributed by atoms with Gasteiger partial charge in [-0.2, -0.15) is 0 Å². The number of fused-ring (bicyclic) bond motifs is 1. The molecule has 1 heterocycles. The zero-order valence-corrected chi connectivity index (χ0v) is 11.1. The molecule has 0 amide bonds. The molecule has 0 saturated carbocycles. The van der Waals surface area contributed by atoms with Gasteiger partial charge < -0.3 is 4.74 Å². The van der Waals surface area contributed by atoms with E-state index in [0.29, 0.717) is 0 Å². The van der Waals surface area contributed by atoms with Crippen LogP contribution in [-0.4, -0.2) is 13.3 Å². The van der Waals surface area contributed by atoms with E-state index in [0.717, 1.165) is 30.7 Å². The minimum absolute atomic E-state index is 0.915. The second-order valence-electron chi connectivity index (χ2n) is 4.83. The summed E-state index contributed by atoms with van der Waals surface area (Å²) in [5.41, 5.74) is 5.22. The Labute approximate surface area is 113 Å². The van der Waals surface area contributed by atoms with Gasteiger partial charge in [0.2, 0.25) is 0 Å². The first-order valence-corrected chi connectivity index (χ1v) is 6.62. The molecule has 0 aromatic heterocycles. The van der Waals surface area contributed by atoms with E-state index in [9.17, 15) is 0 Å². The van der Waals surface area contributed by atoms with E-state index in [2.05, 4.69) is 35.3 Å². The summed E-state index contributed by atoms with van der Waals surface area (Å²) in [6.45, 7) is 0. The molecule has 0 N–H and O–H groups in total. The summed E-state index contributed by atoms with van der Waals surface area (Å²) in [5.74, 6) is 0.915. The van der Waals surface area contributed by atoms with Crippen molar-refractivity contribution in [2.24, 2.45) is 4.99 Å². The largest absolute Gasteiger partial charge is 0.497 e. The van der Waals surface area contributed by atoms with Crippen LogP contribution in [0.2, 0.25) is 0 Å². The molecule has 0 unspecified atom stereocenters. The lowest BCUT2D eigenvalue weighted by molar-refractivity contribution is 0.414. The predicted octanol–water partition coefficient (Wildman–Crippen LogP) is 3.74. The summed E-state index contributed by atoms with van der Waals surface area (Å²) >= 11 is 0. The van der Waals surface area contributed by atoms with Crippen LogP contribution < -0.4 is 4.74 Å². The van der Waals surface area contributed by atoms with E-state index in [-0.39, 0.29) is 0 Å². The van der Waals surface area contributed by atoms with Gasteiger partial charge in [0.25, 0.3) is 0 Å². The van der Waals surface area contributed by atoms with Crippen molar-refractivity contribution >= 4 is 11.9 Å². The van der Waals surface area contributed by atoms with Crippen molar-refractivity contribution in [3.63, 3.8) is 0 Å². The van der Waals surface area contributed by atoms with Crippen molar-refractivity contribution in [2.45, 2.75) is 19.3 Å². The number of benzene rings is 2. The Morgan fingerprint density at radius 2 is 1.74 bits per heavy atom. The van der Waals surface area contributed by atoms with Crippen molar-refractivity contribution in [1.82, 2.24) is 0 Å². The predicted molar refractivity (Wildman–Crippen MR) is 78.7 cm³/mol. The highest BCUT2D eigenvalue weighted by Crippen LogP contribution is 2.25. The maximum atomic E-state index is 5.17. The van der Waals surface area contributed by atoms with Crippen molar-refractivity contribution in [2.75, 3.05) is 7.11 Å². The Morgan fingerprint density at radius 3 is 2.53 bits per heavy atom. The molecule has 0 aliphatic carbocycles. The van der Waals surface area contributed by atoms with Gasteiger partial charge in [-0.15, -0.1) is 0 Å². The maximum absolute atomic E-state index is 5.17. The molecule has 0 atom stereocenters. The molecule has 2 aromatic carbocycles. The average molecular weight is 251 g/mol. The lowest BCUT2D eigenvalue weighted by Crippen LogP contribution is -1.93. The molecule has 0 radical (unpaired) electrons. The van der Waals surface area contributed by atoms with E-state index >= 15 is 0 Å². The number of rotatable bonds is 4. The number of aliphatic imine (C=N–C) groups is 1. The van der Waals surface area contributed by atoms with Crippen molar-refractivity contribution in [1.29, 1.82) is 0 Å². The molecular formula is C17H17NO. The number of aryl methyl sites for hydroxylation is 2. The maximum Gasteiger partial charge on any atom is 0.118 e. The van der Waals surface area contributed by atoms with Crippen LogP contribution >= 0.6 is 0 Å². The average Bonchev–Trinajstić information content (AvgIpc) is 2.93. The fourth-order valence-corrected chi connectivity index (χ4v) is 2.41. The van der Waals surface area contributed by atoms with Gasteiger partial charge >= 0.3 is 0 Å². The summed E-state index contributed by atoms with van der Waals surface area (Å²) in [6.07, 6.45) is 5.09. The molecule has 96 valence electrons. The topological polar surface area (TPSA) is 21.6 Å². The fourth-order valence-electron chi connectivity index (χ4n) is 2.41.